The van der Waals surface area contributed by atoms with E-state index in [0.717, 1.165) is 12.1 Å². The molecule has 1 rings (SSSR count). The van der Waals surface area contributed by atoms with Crippen molar-refractivity contribution in [2.45, 2.75) is 18.8 Å². The van der Waals surface area contributed by atoms with E-state index in [-0.39, 0.29) is 30.3 Å². The third-order valence-electron chi connectivity index (χ3n) is 2.29. The number of anilines is 1. The van der Waals surface area contributed by atoms with Crippen LogP contribution in [0, 0.1) is 0 Å². The van der Waals surface area contributed by atoms with Crippen LogP contribution >= 0.6 is 11.6 Å². The van der Waals surface area contributed by atoms with Crippen molar-refractivity contribution in [2.75, 3.05) is 25.1 Å². The minimum absolute atomic E-state index is 0.0827. The molecule has 0 aliphatic carbocycles. The molecular weight excluding hydrogens is 324 g/mol. The molecule has 120 valence electrons. The van der Waals surface area contributed by atoms with Gasteiger partial charge in [-0.3, -0.25) is 0 Å². The number of rotatable bonds is 6. The van der Waals surface area contributed by atoms with Gasteiger partial charge in [0.15, 0.2) is 0 Å². The van der Waals surface area contributed by atoms with Gasteiger partial charge in [-0.1, -0.05) is 11.6 Å². The SMILES string of the molecule is FC(F)(F)COCCCNc1cc(Cl)cc(C(F)(F)F)c1. The van der Waals surface area contributed by atoms with E-state index in [9.17, 15) is 26.3 Å². The molecule has 0 spiro atoms. The summed E-state index contributed by atoms with van der Waals surface area (Å²) in [6.07, 6.45) is -8.69. The fourth-order valence-electron chi connectivity index (χ4n) is 1.45. The van der Waals surface area contributed by atoms with E-state index in [1.54, 1.807) is 0 Å². The summed E-state index contributed by atoms with van der Waals surface area (Å²) in [6, 6.07) is 2.97. The minimum Gasteiger partial charge on any atom is -0.385 e. The van der Waals surface area contributed by atoms with Crippen molar-refractivity contribution >= 4 is 17.3 Å². The standard InChI is InChI=1S/C12H12ClF6NO/c13-9-4-8(12(17,18)19)5-10(6-9)20-2-1-3-21-7-11(14,15)16/h4-6,20H,1-3,7H2. The fourth-order valence-corrected chi connectivity index (χ4v) is 1.69. The van der Waals surface area contributed by atoms with Gasteiger partial charge in [0.2, 0.25) is 0 Å². The molecule has 0 bridgehead atoms. The summed E-state index contributed by atoms with van der Waals surface area (Å²) in [4.78, 5) is 0. The van der Waals surface area contributed by atoms with E-state index in [1.807, 2.05) is 0 Å². The zero-order chi connectivity index (χ0) is 16.1. The Morgan fingerprint density at radius 2 is 1.71 bits per heavy atom. The Hall–Kier alpha value is -1.15. The summed E-state index contributed by atoms with van der Waals surface area (Å²) in [5, 5.41) is 2.57. The topological polar surface area (TPSA) is 21.3 Å². The third-order valence-corrected chi connectivity index (χ3v) is 2.50. The lowest BCUT2D eigenvalue weighted by atomic mass is 10.2. The van der Waals surface area contributed by atoms with Crippen molar-refractivity contribution < 1.29 is 31.1 Å². The van der Waals surface area contributed by atoms with E-state index >= 15 is 0 Å². The molecule has 0 aromatic heterocycles. The summed E-state index contributed by atoms with van der Waals surface area (Å²) in [5.41, 5.74) is -0.753. The zero-order valence-corrected chi connectivity index (χ0v) is 11.4. The number of hydrogen-bond acceptors (Lipinski definition) is 2. The predicted octanol–water partition coefficient (Wildman–Crippen LogP) is 4.74. The Balaban J connectivity index is 2.41. The van der Waals surface area contributed by atoms with Gasteiger partial charge < -0.3 is 10.1 Å². The van der Waals surface area contributed by atoms with Crippen molar-refractivity contribution in [1.82, 2.24) is 0 Å². The lowest BCUT2D eigenvalue weighted by molar-refractivity contribution is -0.173. The average molecular weight is 336 g/mol. The first-order valence-electron chi connectivity index (χ1n) is 5.84. The summed E-state index contributed by atoms with van der Waals surface area (Å²) < 4.78 is 77.3. The quantitative estimate of drug-likeness (QED) is 0.599. The Morgan fingerprint density at radius 1 is 1.05 bits per heavy atom. The average Bonchev–Trinajstić information content (AvgIpc) is 2.30. The summed E-state index contributed by atoms with van der Waals surface area (Å²) in [5.74, 6) is 0. The van der Waals surface area contributed by atoms with Gasteiger partial charge in [-0.05, 0) is 24.6 Å². The highest BCUT2D eigenvalue weighted by molar-refractivity contribution is 6.30. The van der Waals surface area contributed by atoms with Crippen molar-refractivity contribution in [3.8, 4) is 0 Å². The van der Waals surface area contributed by atoms with Gasteiger partial charge in [0.05, 0.1) is 5.56 Å². The van der Waals surface area contributed by atoms with Crippen LogP contribution in [0.15, 0.2) is 18.2 Å². The second-order valence-electron chi connectivity index (χ2n) is 4.17. The Bertz CT molecular complexity index is 460. The maximum absolute atomic E-state index is 12.5. The maximum Gasteiger partial charge on any atom is 0.416 e. The van der Waals surface area contributed by atoms with E-state index in [1.165, 1.54) is 6.07 Å². The van der Waals surface area contributed by atoms with Crippen molar-refractivity contribution in [2.24, 2.45) is 0 Å². The van der Waals surface area contributed by atoms with Crippen LogP contribution in [-0.2, 0) is 10.9 Å². The molecule has 0 atom stereocenters. The smallest absolute Gasteiger partial charge is 0.385 e. The molecule has 9 heteroatoms. The molecule has 0 heterocycles. The summed E-state index contributed by atoms with van der Waals surface area (Å²) >= 11 is 5.58. The number of hydrogen-bond donors (Lipinski definition) is 1. The van der Waals surface area contributed by atoms with E-state index in [0.29, 0.717) is 0 Å². The van der Waals surface area contributed by atoms with Gasteiger partial charge in [-0.2, -0.15) is 26.3 Å². The van der Waals surface area contributed by atoms with Crippen LogP contribution < -0.4 is 5.32 Å². The highest BCUT2D eigenvalue weighted by Crippen LogP contribution is 2.33. The Kier molecular flexibility index (Phi) is 6.15. The zero-order valence-electron chi connectivity index (χ0n) is 10.6. The third kappa shape index (κ3) is 7.42. The largest absolute Gasteiger partial charge is 0.416 e. The van der Waals surface area contributed by atoms with Gasteiger partial charge >= 0.3 is 12.4 Å². The number of nitrogens with one attached hydrogen (secondary N) is 1. The Labute approximate surface area is 122 Å². The van der Waals surface area contributed by atoms with E-state index in [4.69, 9.17) is 11.6 Å². The monoisotopic (exact) mass is 335 g/mol. The molecule has 0 unspecified atom stereocenters. The van der Waals surface area contributed by atoms with Crippen LogP contribution in [0.5, 0.6) is 0 Å². The van der Waals surface area contributed by atoms with Gasteiger partial charge in [0.25, 0.3) is 0 Å². The van der Waals surface area contributed by atoms with Crippen molar-refractivity contribution in [1.29, 1.82) is 0 Å². The van der Waals surface area contributed by atoms with Gasteiger partial charge in [-0.25, -0.2) is 0 Å². The van der Waals surface area contributed by atoms with Crippen LogP contribution in [-0.4, -0.2) is 25.9 Å². The number of alkyl halides is 6. The minimum atomic E-state index is -4.52. The number of benzene rings is 1. The second-order valence-corrected chi connectivity index (χ2v) is 4.61. The molecule has 1 aromatic carbocycles. The second kappa shape index (κ2) is 7.22. The van der Waals surface area contributed by atoms with Crippen molar-refractivity contribution in [3.05, 3.63) is 28.8 Å². The van der Waals surface area contributed by atoms with Crippen LogP contribution in [0.4, 0.5) is 32.0 Å². The van der Waals surface area contributed by atoms with Crippen LogP contribution in [0.2, 0.25) is 5.02 Å². The molecule has 1 aromatic rings. The van der Waals surface area contributed by atoms with Crippen LogP contribution in [0.1, 0.15) is 12.0 Å². The lowest BCUT2D eigenvalue weighted by Crippen LogP contribution is -2.18. The highest BCUT2D eigenvalue weighted by atomic mass is 35.5. The lowest BCUT2D eigenvalue weighted by Gasteiger charge is -2.12. The molecule has 0 aliphatic rings. The van der Waals surface area contributed by atoms with Gasteiger partial charge in [0.1, 0.15) is 6.61 Å². The summed E-state index contributed by atoms with van der Waals surface area (Å²) in [7, 11) is 0. The van der Waals surface area contributed by atoms with E-state index < -0.39 is 24.5 Å². The maximum atomic E-state index is 12.5. The molecule has 0 fully saturated rings. The molecule has 0 aliphatic heterocycles. The Morgan fingerprint density at radius 3 is 2.29 bits per heavy atom. The molecule has 0 radical (unpaired) electrons. The molecular formula is C12H12ClF6NO. The highest BCUT2D eigenvalue weighted by Gasteiger charge is 2.31. The molecule has 0 amide bonds. The molecule has 21 heavy (non-hydrogen) atoms. The predicted molar refractivity (Wildman–Crippen MR) is 66.4 cm³/mol. The molecule has 0 saturated heterocycles. The first-order chi connectivity index (χ1) is 9.58. The first-order valence-corrected chi connectivity index (χ1v) is 6.22. The summed E-state index contributed by atoms with van der Waals surface area (Å²) in [6.45, 7) is -1.34. The van der Waals surface area contributed by atoms with Crippen LogP contribution in [0.3, 0.4) is 0 Å². The number of ether oxygens (including phenoxy) is 1. The molecule has 1 N–H and O–H groups in total. The normalized spacial score (nSPS) is 12.5. The molecule has 0 saturated carbocycles. The van der Waals surface area contributed by atoms with Gasteiger partial charge in [0, 0.05) is 23.9 Å². The first kappa shape index (κ1) is 17.9. The number of halogens is 7. The molecule has 2 nitrogen and oxygen atoms in total. The van der Waals surface area contributed by atoms with Crippen molar-refractivity contribution in [3.63, 3.8) is 0 Å². The van der Waals surface area contributed by atoms with E-state index in [2.05, 4.69) is 10.1 Å². The van der Waals surface area contributed by atoms with Crippen LogP contribution in [0.25, 0.3) is 0 Å². The fraction of sp³-hybridized carbons (Fsp3) is 0.500. The van der Waals surface area contributed by atoms with Gasteiger partial charge in [-0.15, -0.1) is 0 Å².